The van der Waals surface area contributed by atoms with E-state index >= 15 is 0 Å². The lowest BCUT2D eigenvalue weighted by molar-refractivity contribution is -0.122. The minimum Gasteiger partial charge on any atom is -0.356 e. The highest BCUT2D eigenvalue weighted by molar-refractivity contribution is 5.76. The van der Waals surface area contributed by atoms with E-state index in [0.717, 1.165) is 31.2 Å². The van der Waals surface area contributed by atoms with Crippen LogP contribution in [0.1, 0.15) is 71.1 Å². The molecule has 1 amide bonds. The molecule has 0 aliphatic heterocycles. The molecule has 2 fully saturated rings. The van der Waals surface area contributed by atoms with Gasteiger partial charge in [0.25, 0.3) is 0 Å². The van der Waals surface area contributed by atoms with Crippen molar-refractivity contribution in [3.8, 4) is 0 Å². The molecule has 2 unspecified atom stereocenters. The van der Waals surface area contributed by atoms with E-state index < -0.39 is 0 Å². The van der Waals surface area contributed by atoms with Crippen molar-refractivity contribution >= 4 is 5.91 Å². The predicted octanol–water partition coefficient (Wildman–Crippen LogP) is 3.23. The van der Waals surface area contributed by atoms with Gasteiger partial charge in [0, 0.05) is 19.0 Å². The minimum absolute atomic E-state index is 0.252. The Morgan fingerprint density at radius 3 is 2.40 bits per heavy atom. The molecule has 2 atom stereocenters. The van der Waals surface area contributed by atoms with Crippen LogP contribution in [0.25, 0.3) is 0 Å². The van der Waals surface area contributed by atoms with Gasteiger partial charge in [-0.25, -0.2) is 0 Å². The van der Waals surface area contributed by atoms with Crippen LogP contribution in [0.15, 0.2) is 0 Å². The Morgan fingerprint density at radius 1 is 1.05 bits per heavy atom. The minimum atomic E-state index is 0.252. The highest BCUT2D eigenvalue weighted by Gasteiger charge is 2.23. The Balaban J connectivity index is 1.60. The fraction of sp³-hybridized carbons (Fsp3) is 0.941. The monoisotopic (exact) mass is 280 g/mol. The van der Waals surface area contributed by atoms with Crippen molar-refractivity contribution in [2.75, 3.05) is 6.54 Å². The van der Waals surface area contributed by atoms with E-state index in [2.05, 4.69) is 12.2 Å². The summed E-state index contributed by atoms with van der Waals surface area (Å²) in [6.07, 6.45) is 11.9. The summed E-state index contributed by atoms with van der Waals surface area (Å²) in [4.78, 5) is 12.0. The smallest absolute Gasteiger partial charge is 0.220 e. The van der Waals surface area contributed by atoms with Crippen molar-refractivity contribution in [3.05, 3.63) is 0 Å². The maximum atomic E-state index is 12.0. The molecule has 2 rings (SSSR count). The maximum absolute atomic E-state index is 12.0. The molecule has 0 radical (unpaired) electrons. The summed E-state index contributed by atoms with van der Waals surface area (Å²) in [6.45, 7) is 3.19. The van der Waals surface area contributed by atoms with E-state index in [9.17, 15) is 4.79 Å². The van der Waals surface area contributed by atoms with E-state index in [1.807, 2.05) is 0 Å². The van der Waals surface area contributed by atoms with Crippen molar-refractivity contribution in [3.63, 3.8) is 0 Å². The highest BCUT2D eigenvalue weighted by atomic mass is 16.1. The second-order valence-corrected chi connectivity index (χ2v) is 7.10. The first kappa shape index (κ1) is 15.8. The molecule has 2 aliphatic carbocycles. The molecule has 2 saturated carbocycles. The Morgan fingerprint density at radius 2 is 1.75 bits per heavy atom. The van der Waals surface area contributed by atoms with Gasteiger partial charge in [-0.05, 0) is 49.9 Å². The van der Waals surface area contributed by atoms with Crippen LogP contribution in [0.2, 0.25) is 0 Å². The normalized spacial score (nSPS) is 34.7. The molecule has 20 heavy (non-hydrogen) atoms. The van der Waals surface area contributed by atoms with Gasteiger partial charge in [0.2, 0.25) is 5.91 Å². The third kappa shape index (κ3) is 5.08. The molecule has 0 aromatic heterocycles. The van der Waals surface area contributed by atoms with Gasteiger partial charge in [0.1, 0.15) is 0 Å². The molecule has 0 aromatic carbocycles. The predicted molar refractivity (Wildman–Crippen MR) is 83.3 cm³/mol. The Kier molecular flexibility index (Phi) is 6.34. The second kappa shape index (κ2) is 8.02. The van der Waals surface area contributed by atoms with Crippen LogP contribution in [-0.2, 0) is 4.79 Å². The van der Waals surface area contributed by atoms with Gasteiger partial charge in [0.15, 0.2) is 0 Å². The second-order valence-electron chi connectivity index (χ2n) is 7.10. The lowest BCUT2D eigenvalue weighted by Gasteiger charge is -2.29. The number of nitrogens with two attached hydrogens (primary N) is 1. The van der Waals surface area contributed by atoms with Gasteiger partial charge >= 0.3 is 0 Å². The quantitative estimate of drug-likeness (QED) is 0.812. The molecule has 0 saturated heterocycles. The van der Waals surface area contributed by atoms with Crippen LogP contribution < -0.4 is 11.1 Å². The number of carbonyl (C=O) groups is 1. The fourth-order valence-corrected chi connectivity index (χ4v) is 3.95. The van der Waals surface area contributed by atoms with Crippen LogP contribution in [0.5, 0.6) is 0 Å². The number of hydrogen-bond donors (Lipinski definition) is 2. The lowest BCUT2D eigenvalue weighted by atomic mass is 9.81. The highest BCUT2D eigenvalue weighted by Crippen LogP contribution is 2.30. The molecule has 2 aliphatic rings. The van der Waals surface area contributed by atoms with Gasteiger partial charge in [0.05, 0.1) is 0 Å². The van der Waals surface area contributed by atoms with Crippen LogP contribution in [0, 0.1) is 17.8 Å². The summed E-state index contributed by atoms with van der Waals surface area (Å²) in [7, 11) is 0. The topological polar surface area (TPSA) is 55.1 Å². The number of hydrogen-bond acceptors (Lipinski definition) is 2. The third-order valence-electron chi connectivity index (χ3n) is 5.43. The summed E-state index contributed by atoms with van der Waals surface area (Å²) < 4.78 is 0. The SMILES string of the molecule is CCC1CCC(CNC(=O)CC2CCCC(N)C2)CC1. The number of carbonyl (C=O) groups excluding carboxylic acids is 1. The van der Waals surface area contributed by atoms with Crippen LogP contribution in [-0.4, -0.2) is 18.5 Å². The summed E-state index contributed by atoms with van der Waals surface area (Å²) >= 11 is 0. The fourth-order valence-electron chi connectivity index (χ4n) is 3.95. The third-order valence-corrected chi connectivity index (χ3v) is 5.43. The van der Waals surface area contributed by atoms with Crippen LogP contribution in [0.4, 0.5) is 0 Å². The van der Waals surface area contributed by atoms with Gasteiger partial charge < -0.3 is 11.1 Å². The van der Waals surface area contributed by atoms with Crippen molar-refractivity contribution in [1.82, 2.24) is 5.32 Å². The molecule has 0 spiro atoms. The van der Waals surface area contributed by atoms with Crippen molar-refractivity contribution in [2.24, 2.45) is 23.5 Å². The molecule has 0 aromatic rings. The molecule has 3 heteroatoms. The number of nitrogens with one attached hydrogen (secondary N) is 1. The molecule has 3 nitrogen and oxygen atoms in total. The van der Waals surface area contributed by atoms with E-state index in [0.29, 0.717) is 18.4 Å². The molecular weight excluding hydrogens is 248 g/mol. The van der Waals surface area contributed by atoms with Gasteiger partial charge in [-0.1, -0.05) is 32.6 Å². The first-order chi connectivity index (χ1) is 9.67. The first-order valence-electron chi connectivity index (χ1n) is 8.69. The summed E-state index contributed by atoms with van der Waals surface area (Å²) in [6, 6.07) is 0.325. The number of rotatable bonds is 5. The standard InChI is InChI=1S/C17H32N2O/c1-2-13-6-8-14(9-7-13)12-19-17(20)11-15-4-3-5-16(18)10-15/h13-16H,2-12,18H2,1H3,(H,19,20). The van der Waals surface area contributed by atoms with Crippen molar-refractivity contribution < 1.29 is 4.79 Å². The van der Waals surface area contributed by atoms with Crippen molar-refractivity contribution in [2.45, 2.75) is 77.2 Å². The summed E-state index contributed by atoms with van der Waals surface area (Å²) in [5.74, 6) is 2.43. The van der Waals surface area contributed by atoms with Crippen molar-refractivity contribution in [1.29, 1.82) is 0 Å². The molecular formula is C17H32N2O. The van der Waals surface area contributed by atoms with Gasteiger partial charge in [-0.2, -0.15) is 0 Å². The van der Waals surface area contributed by atoms with E-state index in [1.54, 1.807) is 0 Å². The van der Waals surface area contributed by atoms with Crippen LogP contribution in [0.3, 0.4) is 0 Å². The zero-order valence-corrected chi connectivity index (χ0v) is 13.1. The van der Waals surface area contributed by atoms with Crippen LogP contribution >= 0.6 is 0 Å². The average Bonchev–Trinajstić information content (AvgIpc) is 2.46. The lowest BCUT2D eigenvalue weighted by Crippen LogP contribution is -2.34. The van der Waals surface area contributed by atoms with Gasteiger partial charge in [-0.15, -0.1) is 0 Å². The van der Waals surface area contributed by atoms with Gasteiger partial charge in [-0.3, -0.25) is 4.79 Å². The largest absolute Gasteiger partial charge is 0.356 e. The first-order valence-corrected chi connectivity index (χ1v) is 8.69. The number of amides is 1. The Bertz CT molecular complexity index is 297. The zero-order valence-electron chi connectivity index (χ0n) is 13.1. The summed E-state index contributed by atoms with van der Waals surface area (Å²) in [5, 5.41) is 3.17. The zero-order chi connectivity index (χ0) is 14.4. The average molecular weight is 280 g/mol. The molecule has 116 valence electrons. The summed E-state index contributed by atoms with van der Waals surface area (Å²) in [5.41, 5.74) is 5.99. The maximum Gasteiger partial charge on any atom is 0.220 e. The Labute approximate surface area is 124 Å². The van der Waals surface area contributed by atoms with E-state index in [1.165, 1.54) is 44.9 Å². The molecule has 3 N–H and O–H groups in total. The van der Waals surface area contributed by atoms with E-state index in [4.69, 9.17) is 5.73 Å². The Hall–Kier alpha value is -0.570. The van der Waals surface area contributed by atoms with E-state index in [-0.39, 0.29) is 5.91 Å². The molecule has 0 bridgehead atoms. The molecule has 0 heterocycles.